The van der Waals surface area contributed by atoms with Crippen LogP contribution in [0.4, 0.5) is 4.79 Å². The summed E-state index contributed by atoms with van der Waals surface area (Å²) in [5.41, 5.74) is 8.83. The van der Waals surface area contributed by atoms with Gasteiger partial charge in [-0.15, -0.1) is 0 Å². The Morgan fingerprint density at radius 3 is 2.65 bits per heavy atom. The van der Waals surface area contributed by atoms with Gasteiger partial charge in [0.05, 0.1) is 10.2 Å². The van der Waals surface area contributed by atoms with Gasteiger partial charge in [0.2, 0.25) is 0 Å². The maximum atomic E-state index is 11.2. The largest absolute Gasteiger partial charge is 0.431 e. The van der Waals surface area contributed by atoms with E-state index in [4.69, 9.17) is 10.5 Å². The van der Waals surface area contributed by atoms with Crippen LogP contribution >= 0.6 is 11.3 Å². The number of nitrogens with two attached hydrogens (primary N) is 1. The van der Waals surface area contributed by atoms with E-state index in [9.17, 15) is 4.79 Å². The molecular formula is C24H28N4O2S. The van der Waals surface area contributed by atoms with E-state index in [1.165, 1.54) is 24.0 Å². The SMILES string of the molecule is Cc1ccc2nc(Oc3ccc(CCN4C5CCC4CC(NC(N)=O)C5)cc3)sc2c1. The lowest BCUT2D eigenvalue weighted by molar-refractivity contribution is 0.121. The number of rotatable bonds is 6. The van der Waals surface area contributed by atoms with Crippen molar-refractivity contribution in [3.63, 3.8) is 0 Å². The van der Waals surface area contributed by atoms with Crippen molar-refractivity contribution in [3.05, 3.63) is 53.6 Å². The number of urea groups is 1. The highest BCUT2D eigenvalue weighted by molar-refractivity contribution is 7.20. The first-order valence-electron chi connectivity index (χ1n) is 11.0. The predicted octanol–water partition coefficient (Wildman–Crippen LogP) is 4.60. The maximum absolute atomic E-state index is 11.2. The van der Waals surface area contributed by atoms with E-state index < -0.39 is 6.03 Å². The average molecular weight is 437 g/mol. The summed E-state index contributed by atoms with van der Waals surface area (Å²) in [7, 11) is 0. The van der Waals surface area contributed by atoms with Gasteiger partial charge in [0.25, 0.3) is 5.19 Å². The van der Waals surface area contributed by atoms with Gasteiger partial charge in [-0.25, -0.2) is 9.78 Å². The molecule has 0 saturated carbocycles. The fraction of sp³-hybridized carbons (Fsp3) is 0.417. The maximum Gasteiger partial charge on any atom is 0.312 e. The Morgan fingerprint density at radius 1 is 1.19 bits per heavy atom. The van der Waals surface area contributed by atoms with Crippen molar-refractivity contribution in [2.45, 2.75) is 57.2 Å². The predicted molar refractivity (Wildman–Crippen MR) is 124 cm³/mol. The zero-order valence-corrected chi connectivity index (χ0v) is 18.5. The number of hydrogen-bond donors (Lipinski definition) is 2. The molecule has 7 heteroatoms. The molecule has 0 aliphatic carbocycles. The molecule has 2 amide bonds. The number of nitrogens with one attached hydrogen (secondary N) is 1. The molecular weight excluding hydrogens is 408 g/mol. The Morgan fingerprint density at radius 2 is 1.94 bits per heavy atom. The van der Waals surface area contributed by atoms with Gasteiger partial charge in [-0.3, -0.25) is 4.90 Å². The van der Waals surface area contributed by atoms with Gasteiger partial charge < -0.3 is 15.8 Å². The van der Waals surface area contributed by atoms with E-state index in [-0.39, 0.29) is 6.04 Å². The quantitative estimate of drug-likeness (QED) is 0.592. The number of benzene rings is 2. The topological polar surface area (TPSA) is 80.5 Å². The number of amides is 2. The molecule has 2 aliphatic heterocycles. The number of aryl methyl sites for hydroxylation is 1. The van der Waals surface area contributed by atoms with E-state index in [2.05, 4.69) is 46.4 Å². The molecule has 2 aromatic carbocycles. The zero-order chi connectivity index (χ0) is 21.4. The summed E-state index contributed by atoms with van der Waals surface area (Å²) in [4.78, 5) is 18.4. The summed E-state index contributed by atoms with van der Waals surface area (Å²) in [5, 5.41) is 3.59. The Hall–Kier alpha value is -2.64. The van der Waals surface area contributed by atoms with Crippen molar-refractivity contribution in [3.8, 4) is 10.9 Å². The molecule has 3 aromatic rings. The second-order valence-corrected chi connectivity index (χ2v) is 9.74. The van der Waals surface area contributed by atoms with E-state index in [0.29, 0.717) is 17.3 Å². The van der Waals surface area contributed by atoms with Crippen LogP contribution in [-0.4, -0.2) is 40.6 Å². The van der Waals surface area contributed by atoms with Crippen LogP contribution < -0.4 is 15.8 Å². The van der Waals surface area contributed by atoms with Gasteiger partial charge >= 0.3 is 6.03 Å². The lowest BCUT2D eigenvalue weighted by Gasteiger charge is -2.39. The molecule has 2 saturated heterocycles. The van der Waals surface area contributed by atoms with Crippen molar-refractivity contribution in [2.75, 3.05) is 6.54 Å². The third kappa shape index (κ3) is 4.52. The second-order valence-electron chi connectivity index (χ2n) is 8.75. The molecule has 5 rings (SSSR count). The molecule has 2 unspecified atom stereocenters. The number of piperidine rings is 1. The molecule has 162 valence electrons. The third-order valence-electron chi connectivity index (χ3n) is 6.54. The summed E-state index contributed by atoms with van der Waals surface area (Å²) in [5.74, 6) is 0.818. The Labute approximate surface area is 186 Å². The first-order valence-corrected chi connectivity index (χ1v) is 11.8. The third-order valence-corrected chi connectivity index (χ3v) is 7.44. The lowest BCUT2D eigenvalue weighted by Crippen LogP contribution is -2.51. The first kappa shape index (κ1) is 20.3. The highest BCUT2D eigenvalue weighted by Gasteiger charge is 2.40. The van der Waals surface area contributed by atoms with Crippen molar-refractivity contribution in [1.82, 2.24) is 15.2 Å². The molecule has 0 radical (unpaired) electrons. The summed E-state index contributed by atoms with van der Waals surface area (Å²) in [6.45, 7) is 3.14. The van der Waals surface area contributed by atoms with Crippen LogP contribution in [0.25, 0.3) is 10.2 Å². The van der Waals surface area contributed by atoms with Gasteiger partial charge in [0.15, 0.2) is 0 Å². The summed E-state index contributed by atoms with van der Waals surface area (Å²) in [6, 6.07) is 15.6. The van der Waals surface area contributed by atoms with Crippen LogP contribution in [0.3, 0.4) is 0 Å². The summed E-state index contributed by atoms with van der Waals surface area (Å²) >= 11 is 1.58. The highest BCUT2D eigenvalue weighted by atomic mass is 32.1. The summed E-state index contributed by atoms with van der Waals surface area (Å²) < 4.78 is 7.14. The zero-order valence-electron chi connectivity index (χ0n) is 17.7. The number of ether oxygens (including phenoxy) is 1. The molecule has 2 atom stereocenters. The molecule has 3 heterocycles. The minimum Gasteiger partial charge on any atom is -0.431 e. The van der Waals surface area contributed by atoms with Crippen LogP contribution in [-0.2, 0) is 6.42 Å². The number of carbonyl (C=O) groups is 1. The number of fused-ring (bicyclic) bond motifs is 3. The first-order chi connectivity index (χ1) is 15.0. The van der Waals surface area contributed by atoms with E-state index in [1.807, 2.05) is 18.2 Å². The molecule has 6 nitrogen and oxygen atoms in total. The number of carbonyl (C=O) groups excluding carboxylic acids is 1. The lowest BCUT2D eigenvalue weighted by atomic mass is 9.96. The Bertz CT molecular complexity index is 1070. The second kappa shape index (κ2) is 8.48. The number of aromatic nitrogens is 1. The number of thiazole rings is 1. The van der Waals surface area contributed by atoms with Crippen molar-refractivity contribution in [2.24, 2.45) is 5.73 Å². The Balaban J connectivity index is 1.17. The minimum absolute atomic E-state index is 0.231. The molecule has 0 spiro atoms. The number of nitrogens with zero attached hydrogens (tertiary/aromatic N) is 2. The molecule has 3 N–H and O–H groups in total. The van der Waals surface area contributed by atoms with Crippen molar-refractivity contribution < 1.29 is 9.53 Å². The molecule has 2 fully saturated rings. The van der Waals surface area contributed by atoms with Crippen molar-refractivity contribution in [1.29, 1.82) is 0 Å². The van der Waals surface area contributed by atoms with Gasteiger partial charge in [-0.05, 0) is 74.4 Å². The van der Waals surface area contributed by atoms with E-state index in [0.717, 1.165) is 41.8 Å². The standard InChI is InChI=1S/C24H28N4O2S/c1-15-2-9-21-22(12-15)31-24(27-21)30-20-7-3-16(4-8-20)10-11-28-18-5-6-19(28)14-17(13-18)26-23(25)29/h2-4,7-9,12,17-19H,5-6,10-11,13-14H2,1H3,(H3,25,26,29). The number of primary amides is 1. The van der Waals surface area contributed by atoms with Gasteiger partial charge in [0, 0.05) is 24.7 Å². The van der Waals surface area contributed by atoms with Crippen LogP contribution in [0.1, 0.15) is 36.8 Å². The van der Waals surface area contributed by atoms with Crippen LogP contribution in [0.15, 0.2) is 42.5 Å². The van der Waals surface area contributed by atoms with Crippen LogP contribution in [0.5, 0.6) is 10.9 Å². The van der Waals surface area contributed by atoms with E-state index in [1.54, 1.807) is 11.3 Å². The van der Waals surface area contributed by atoms with Gasteiger partial charge in [0.1, 0.15) is 5.75 Å². The Kier molecular flexibility index (Phi) is 5.54. The minimum atomic E-state index is -0.402. The fourth-order valence-electron chi connectivity index (χ4n) is 5.10. The molecule has 2 bridgehead atoms. The van der Waals surface area contributed by atoms with Gasteiger partial charge in [-0.1, -0.05) is 29.5 Å². The summed E-state index contributed by atoms with van der Waals surface area (Å²) in [6.07, 6.45) is 5.47. The molecule has 2 aliphatic rings. The fourth-order valence-corrected chi connectivity index (χ4v) is 6.03. The van der Waals surface area contributed by atoms with Crippen LogP contribution in [0.2, 0.25) is 0 Å². The highest BCUT2D eigenvalue weighted by Crippen LogP contribution is 2.36. The molecule has 1 aromatic heterocycles. The van der Waals surface area contributed by atoms with Crippen LogP contribution in [0, 0.1) is 6.92 Å². The average Bonchev–Trinajstić information content (AvgIpc) is 3.23. The van der Waals surface area contributed by atoms with Gasteiger partial charge in [-0.2, -0.15) is 0 Å². The monoisotopic (exact) mass is 436 g/mol. The molecule has 31 heavy (non-hydrogen) atoms. The van der Waals surface area contributed by atoms with E-state index >= 15 is 0 Å². The van der Waals surface area contributed by atoms with Crippen molar-refractivity contribution >= 4 is 27.6 Å². The smallest absolute Gasteiger partial charge is 0.312 e. The normalized spacial score (nSPS) is 23.2. The number of hydrogen-bond acceptors (Lipinski definition) is 5.